The van der Waals surface area contributed by atoms with Crippen LogP contribution in [0.25, 0.3) is 0 Å². The third-order valence-corrected chi connectivity index (χ3v) is 3.20. The number of carboxylic acids is 1. The molecule has 0 fully saturated rings. The predicted octanol–water partition coefficient (Wildman–Crippen LogP) is 1.10. The van der Waals surface area contributed by atoms with Gasteiger partial charge in [0.05, 0.1) is 11.6 Å². The van der Waals surface area contributed by atoms with Crippen LogP contribution in [-0.2, 0) is 9.59 Å². The van der Waals surface area contributed by atoms with Gasteiger partial charge in [-0.2, -0.15) is 0 Å². The largest absolute Gasteiger partial charge is 0.550 e. The molecule has 2 atom stereocenters. The summed E-state index contributed by atoms with van der Waals surface area (Å²) < 4.78 is 13.4. The van der Waals surface area contributed by atoms with Gasteiger partial charge < -0.3 is 15.2 Å². The highest BCUT2D eigenvalue weighted by atomic mass is 19.1. The van der Waals surface area contributed by atoms with Gasteiger partial charge in [0, 0.05) is 11.9 Å². The number of para-hydroxylation sites is 1. The van der Waals surface area contributed by atoms with E-state index in [1.165, 1.54) is 18.2 Å². The molecule has 1 aliphatic rings. The summed E-state index contributed by atoms with van der Waals surface area (Å²) in [5.41, 5.74) is 0.0548. The molecule has 1 amide bonds. The van der Waals surface area contributed by atoms with Crippen LogP contribution in [0.1, 0.15) is 12.8 Å². The molecular formula is C14H13FNO3-. The van der Waals surface area contributed by atoms with Gasteiger partial charge >= 0.3 is 0 Å². The Morgan fingerprint density at radius 2 is 1.79 bits per heavy atom. The molecule has 1 aromatic rings. The Morgan fingerprint density at radius 1 is 1.16 bits per heavy atom. The first-order valence-corrected chi connectivity index (χ1v) is 6.01. The summed E-state index contributed by atoms with van der Waals surface area (Å²) in [6.07, 6.45) is 4.05. The predicted molar refractivity (Wildman–Crippen MR) is 65.4 cm³/mol. The van der Waals surface area contributed by atoms with E-state index >= 15 is 0 Å². The first-order chi connectivity index (χ1) is 9.09. The molecule has 19 heavy (non-hydrogen) atoms. The average Bonchev–Trinajstić information content (AvgIpc) is 2.41. The molecule has 0 heterocycles. The van der Waals surface area contributed by atoms with E-state index in [1.807, 2.05) is 0 Å². The molecule has 0 saturated heterocycles. The minimum Gasteiger partial charge on any atom is -0.550 e. The molecule has 0 unspecified atom stereocenters. The van der Waals surface area contributed by atoms with Gasteiger partial charge in [-0.1, -0.05) is 24.3 Å². The Bertz CT molecular complexity index is 527. The third kappa shape index (κ3) is 2.99. The van der Waals surface area contributed by atoms with Crippen molar-refractivity contribution in [2.24, 2.45) is 11.8 Å². The highest BCUT2D eigenvalue weighted by Gasteiger charge is 2.30. The van der Waals surface area contributed by atoms with Crippen LogP contribution in [-0.4, -0.2) is 11.9 Å². The molecule has 0 spiro atoms. The van der Waals surface area contributed by atoms with E-state index in [2.05, 4.69) is 5.32 Å². The number of hydrogen-bond acceptors (Lipinski definition) is 3. The molecule has 0 saturated carbocycles. The fourth-order valence-corrected chi connectivity index (χ4v) is 2.15. The summed E-state index contributed by atoms with van der Waals surface area (Å²) in [6.45, 7) is 0. The van der Waals surface area contributed by atoms with Crippen LogP contribution in [0.2, 0.25) is 0 Å². The fourth-order valence-electron chi connectivity index (χ4n) is 2.15. The minimum absolute atomic E-state index is 0.0548. The topological polar surface area (TPSA) is 69.2 Å². The standard InChI is InChI=1S/C14H14FNO3/c15-11-7-3-4-8-12(11)16-13(17)9-5-1-2-6-10(9)14(18)19/h1-4,7-10H,5-6H2,(H,16,17)(H,18,19)/p-1/t9-,10+/m0/s1. The molecule has 0 aromatic heterocycles. The number of carbonyl (C=O) groups is 2. The maximum Gasteiger partial charge on any atom is 0.228 e. The van der Waals surface area contributed by atoms with E-state index in [1.54, 1.807) is 18.2 Å². The van der Waals surface area contributed by atoms with Gasteiger partial charge in [0.2, 0.25) is 5.91 Å². The lowest BCUT2D eigenvalue weighted by Gasteiger charge is -2.28. The van der Waals surface area contributed by atoms with Gasteiger partial charge in [-0.25, -0.2) is 4.39 Å². The van der Waals surface area contributed by atoms with Crippen molar-refractivity contribution in [1.29, 1.82) is 0 Å². The van der Waals surface area contributed by atoms with Gasteiger partial charge in [0.1, 0.15) is 5.82 Å². The quantitative estimate of drug-likeness (QED) is 0.829. The van der Waals surface area contributed by atoms with E-state index < -0.39 is 29.5 Å². The van der Waals surface area contributed by atoms with Gasteiger partial charge in [0.15, 0.2) is 0 Å². The molecule has 1 aromatic carbocycles. The highest BCUT2D eigenvalue weighted by Crippen LogP contribution is 2.27. The smallest absolute Gasteiger partial charge is 0.228 e. The van der Waals surface area contributed by atoms with Gasteiger partial charge in [0.25, 0.3) is 0 Å². The molecule has 100 valence electrons. The summed E-state index contributed by atoms with van der Waals surface area (Å²) in [4.78, 5) is 23.0. The molecule has 0 radical (unpaired) electrons. The number of hydrogen-bond donors (Lipinski definition) is 1. The Labute approximate surface area is 109 Å². The number of anilines is 1. The van der Waals surface area contributed by atoms with Crippen LogP contribution < -0.4 is 10.4 Å². The molecule has 2 rings (SSSR count). The molecule has 1 N–H and O–H groups in total. The number of aliphatic carboxylic acids is 1. The van der Waals surface area contributed by atoms with E-state index in [0.717, 1.165) is 0 Å². The summed E-state index contributed by atoms with van der Waals surface area (Å²) in [6, 6.07) is 5.76. The number of carboxylic acid groups (broad SMARTS) is 1. The zero-order valence-corrected chi connectivity index (χ0v) is 10.1. The van der Waals surface area contributed by atoms with Crippen LogP contribution in [0.4, 0.5) is 10.1 Å². The lowest BCUT2D eigenvalue weighted by molar-refractivity contribution is -0.313. The molecule has 0 aliphatic heterocycles. The van der Waals surface area contributed by atoms with E-state index in [-0.39, 0.29) is 12.1 Å². The Balaban J connectivity index is 2.13. The van der Waals surface area contributed by atoms with Crippen molar-refractivity contribution >= 4 is 17.6 Å². The summed E-state index contributed by atoms with van der Waals surface area (Å²) >= 11 is 0. The van der Waals surface area contributed by atoms with Crippen LogP contribution in [0, 0.1) is 17.7 Å². The Morgan fingerprint density at radius 3 is 2.42 bits per heavy atom. The van der Waals surface area contributed by atoms with Crippen LogP contribution in [0.15, 0.2) is 36.4 Å². The molecule has 4 nitrogen and oxygen atoms in total. The number of benzene rings is 1. The Hall–Kier alpha value is -2.17. The fraction of sp³-hybridized carbons (Fsp3) is 0.286. The molecule has 0 bridgehead atoms. The maximum atomic E-state index is 13.4. The van der Waals surface area contributed by atoms with Gasteiger partial charge in [-0.3, -0.25) is 4.79 Å². The molecule has 1 aliphatic carbocycles. The van der Waals surface area contributed by atoms with Gasteiger partial charge in [-0.15, -0.1) is 0 Å². The normalized spacial score (nSPS) is 21.9. The van der Waals surface area contributed by atoms with Crippen molar-refractivity contribution in [3.63, 3.8) is 0 Å². The van der Waals surface area contributed by atoms with Crippen molar-refractivity contribution in [1.82, 2.24) is 0 Å². The lowest BCUT2D eigenvalue weighted by atomic mass is 9.82. The first-order valence-electron chi connectivity index (χ1n) is 6.01. The lowest BCUT2D eigenvalue weighted by Crippen LogP contribution is -2.41. The summed E-state index contributed by atoms with van der Waals surface area (Å²) in [5.74, 6) is -3.89. The number of halogens is 1. The third-order valence-electron chi connectivity index (χ3n) is 3.20. The zero-order valence-electron chi connectivity index (χ0n) is 10.1. The Kier molecular flexibility index (Phi) is 3.94. The second-order valence-electron chi connectivity index (χ2n) is 4.44. The van der Waals surface area contributed by atoms with Crippen molar-refractivity contribution in [2.75, 3.05) is 5.32 Å². The summed E-state index contributed by atoms with van der Waals surface area (Å²) in [5, 5.41) is 13.4. The number of carbonyl (C=O) groups excluding carboxylic acids is 2. The van der Waals surface area contributed by atoms with Crippen molar-refractivity contribution in [2.45, 2.75) is 12.8 Å². The highest BCUT2D eigenvalue weighted by molar-refractivity contribution is 5.95. The van der Waals surface area contributed by atoms with Crippen molar-refractivity contribution in [3.05, 3.63) is 42.2 Å². The van der Waals surface area contributed by atoms with Crippen LogP contribution in [0.3, 0.4) is 0 Å². The zero-order chi connectivity index (χ0) is 13.8. The maximum absolute atomic E-state index is 13.4. The number of nitrogens with one attached hydrogen (secondary N) is 1. The average molecular weight is 262 g/mol. The van der Waals surface area contributed by atoms with E-state index in [0.29, 0.717) is 6.42 Å². The van der Waals surface area contributed by atoms with E-state index in [9.17, 15) is 19.1 Å². The first kappa shape index (κ1) is 13.3. The van der Waals surface area contributed by atoms with Crippen molar-refractivity contribution in [3.8, 4) is 0 Å². The monoisotopic (exact) mass is 262 g/mol. The van der Waals surface area contributed by atoms with Gasteiger partial charge in [-0.05, 0) is 25.0 Å². The van der Waals surface area contributed by atoms with Crippen LogP contribution in [0.5, 0.6) is 0 Å². The number of amides is 1. The SMILES string of the molecule is O=C(Nc1ccccc1F)[C@H]1CC=CC[C@H]1C(=O)[O-]. The molecular weight excluding hydrogens is 249 g/mol. The second-order valence-corrected chi connectivity index (χ2v) is 4.44. The second kappa shape index (κ2) is 5.65. The number of rotatable bonds is 3. The molecule has 5 heteroatoms. The number of allylic oxidation sites excluding steroid dienone is 2. The minimum atomic E-state index is -1.25. The van der Waals surface area contributed by atoms with E-state index in [4.69, 9.17) is 0 Å². The van der Waals surface area contributed by atoms with Crippen LogP contribution >= 0.6 is 0 Å². The summed E-state index contributed by atoms with van der Waals surface area (Å²) in [7, 11) is 0. The van der Waals surface area contributed by atoms with Crippen molar-refractivity contribution < 1.29 is 19.1 Å².